The Kier molecular flexibility index (Phi) is 7.44. The van der Waals surface area contributed by atoms with Crippen LogP contribution in [-0.2, 0) is 26.4 Å². The molecule has 32 heavy (non-hydrogen) atoms. The standard InChI is InChI=1S/C21H25N3O8/c1-2-30-18(28)15-16(26)17(27)23-19(22-15)21(9-8-14(10-25)32-12-21)24-20(29)31-11-13-6-4-3-5-7-13/h3-7,14,25-26H,2,8-12H2,1H3,(H,24,29)(H,22,23,27). The number of aromatic nitrogens is 2. The number of aromatic amines is 1. The number of carbonyl (C=O) groups excluding carboxylic acids is 2. The predicted molar refractivity (Wildman–Crippen MR) is 110 cm³/mol. The number of nitrogens with zero attached hydrogens (tertiary/aromatic N) is 1. The zero-order chi connectivity index (χ0) is 23.1. The Morgan fingerprint density at radius 1 is 1.31 bits per heavy atom. The van der Waals surface area contributed by atoms with Crippen LogP contribution in [0.2, 0.25) is 0 Å². The van der Waals surface area contributed by atoms with Crippen LogP contribution in [0, 0.1) is 0 Å². The van der Waals surface area contributed by atoms with Crippen LogP contribution in [0.1, 0.15) is 41.6 Å². The highest BCUT2D eigenvalue weighted by atomic mass is 16.6. The van der Waals surface area contributed by atoms with Crippen LogP contribution in [0.4, 0.5) is 4.79 Å². The summed E-state index contributed by atoms with van der Waals surface area (Å²) >= 11 is 0. The van der Waals surface area contributed by atoms with Gasteiger partial charge in [-0.25, -0.2) is 14.6 Å². The van der Waals surface area contributed by atoms with Gasteiger partial charge in [0.15, 0.2) is 5.69 Å². The fourth-order valence-corrected chi connectivity index (χ4v) is 3.30. The number of aliphatic hydroxyl groups excluding tert-OH is 1. The van der Waals surface area contributed by atoms with Gasteiger partial charge in [0.2, 0.25) is 5.75 Å². The molecule has 2 atom stereocenters. The number of rotatable bonds is 7. The minimum absolute atomic E-state index is 0.0104. The first-order valence-electron chi connectivity index (χ1n) is 10.1. The van der Waals surface area contributed by atoms with E-state index in [1.165, 1.54) is 0 Å². The van der Waals surface area contributed by atoms with Crippen molar-refractivity contribution in [3.8, 4) is 5.75 Å². The average Bonchev–Trinajstić information content (AvgIpc) is 2.80. The highest BCUT2D eigenvalue weighted by Crippen LogP contribution is 2.31. The third-order valence-electron chi connectivity index (χ3n) is 5.03. The Bertz CT molecular complexity index is 1000. The summed E-state index contributed by atoms with van der Waals surface area (Å²) in [6.45, 7) is 1.21. The van der Waals surface area contributed by atoms with Crippen LogP contribution in [0.15, 0.2) is 35.1 Å². The van der Waals surface area contributed by atoms with Gasteiger partial charge in [-0.15, -0.1) is 0 Å². The lowest BCUT2D eigenvalue weighted by Crippen LogP contribution is -2.55. The van der Waals surface area contributed by atoms with Crippen molar-refractivity contribution in [2.75, 3.05) is 19.8 Å². The molecule has 172 valence electrons. The van der Waals surface area contributed by atoms with Crippen molar-refractivity contribution in [1.29, 1.82) is 0 Å². The molecule has 11 nitrogen and oxygen atoms in total. The fourth-order valence-electron chi connectivity index (χ4n) is 3.30. The summed E-state index contributed by atoms with van der Waals surface area (Å²) in [4.78, 5) is 43.5. The summed E-state index contributed by atoms with van der Waals surface area (Å²) < 4.78 is 15.8. The summed E-state index contributed by atoms with van der Waals surface area (Å²) in [6, 6.07) is 9.05. The van der Waals surface area contributed by atoms with Crippen molar-refractivity contribution in [1.82, 2.24) is 15.3 Å². The van der Waals surface area contributed by atoms with Crippen molar-refractivity contribution >= 4 is 12.1 Å². The van der Waals surface area contributed by atoms with Gasteiger partial charge in [-0.3, -0.25) is 4.79 Å². The van der Waals surface area contributed by atoms with Crippen LogP contribution < -0.4 is 10.9 Å². The number of benzene rings is 1. The lowest BCUT2D eigenvalue weighted by molar-refractivity contribution is -0.0655. The molecule has 0 aliphatic carbocycles. The molecule has 1 aliphatic rings. The van der Waals surface area contributed by atoms with Crippen LogP contribution >= 0.6 is 0 Å². The van der Waals surface area contributed by atoms with E-state index in [4.69, 9.17) is 14.2 Å². The zero-order valence-corrected chi connectivity index (χ0v) is 17.5. The van der Waals surface area contributed by atoms with Crippen LogP contribution in [0.5, 0.6) is 5.75 Å². The zero-order valence-electron chi connectivity index (χ0n) is 17.5. The second-order valence-corrected chi connectivity index (χ2v) is 7.26. The Balaban J connectivity index is 1.89. The summed E-state index contributed by atoms with van der Waals surface area (Å²) in [7, 11) is 0. The molecule has 2 aromatic rings. The number of amides is 1. The van der Waals surface area contributed by atoms with E-state index in [2.05, 4.69) is 15.3 Å². The molecule has 2 unspecified atom stereocenters. The summed E-state index contributed by atoms with van der Waals surface area (Å²) in [6.07, 6.45) is -0.712. The lowest BCUT2D eigenvalue weighted by atomic mass is 9.89. The number of nitrogens with one attached hydrogen (secondary N) is 2. The first kappa shape index (κ1) is 23.2. The molecule has 3 rings (SSSR count). The van der Waals surface area contributed by atoms with E-state index in [0.717, 1.165) is 5.56 Å². The number of alkyl carbamates (subject to hydrolysis) is 1. The van der Waals surface area contributed by atoms with E-state index in [1.54, 1.807) is 19.1 Å². The largest absolute Gasteiger partial charge is 0.501 e. The minimum atomic E-state index is -1.37. The molecule has 1 aromatic carbocycles. The molecule has 1 fully saturated rings. The lowest BCUT2D eigenvalue weighted by Gasteiger charge is -2.39. The number of hydrogen-bond acceptors (Lipinski definition) is 9. The monoisotopic (exact) mass is 447 g/mol. The molecule has 0 spiro atoms. The van der Waals surface area contributed by atoms with Gasteiger partial charge in [0.1, 0.15) is 18.0 Å². The van der Waals surface area contributed by atoms with Crippen molar-refractivity contribution in [2.45, 2.75) is 38.0 Å². The van der Waals surface area contributed by atoms with Crippen molar-refractivity contribution in [2.24, 2.45) is 0 Å². The fraction of sp³-hybridized carbons (Fsp3) is 0.429. The molecule has 11 heteroatoms. The third-order valence-corrected chi connectivity index (χ3v) is 5.03. The number of H-pyrrole nitrogens is 1. The maximum Gasteiger partial charge on any atom is 0.408 e. The van der Waals surface area contributed by atoms with Crippen LogP contribution in [0.25, 0.3) is 0 Å². The van der Waals surface area contributed by atoms with Gasteiger partial charge in [-0.2, -0.15) is 0 Å². The Morgan fingerprint density at radius 2 is 2.06 bits per heavy atom. The van der Waals surface area contributed by atoms with E-state index < -0.39 is 40.7 Å². The third kappa shape index (κ3) is 5.24. The molecule has 1 aliphatic heterocycles. The van der Waals surface area contributed by atoms with Crippen molar-refractivity contribution < 1.29 is 34.0 Å². The van der Waals surface area contributed by atoms with Crippen molar-refractivity contribution in [3.63, 3.8) is 0 Å². The van der Waals surface area contributed by atoms with E-state index in [9.17, 15) is 24.6 Å². The molecule has 1 amide bonds. The Labute approximate surface area is 183 Å². The second kappa shape index (κ2) is 10.2. The summed E-state index contributed by atoms with van der Waals surface area (Å²) in [5.74, 6) is -1.97. The van der Waals surface area contributed by atoms with E-state index in [1.807, 2.05) is 18.2 Å². The number of esters is 1. The van der Waals surface area contributed by atoms with Gasteiger partial charge < -0.3 is 34.7 Å². The predicted octanol–water partition coefficient (Wildman–Crippen LogP) is 0.945. The first-order valence-corrected chi connectivity index (χ1v) is 10.1. The van der Waals surface area contributed by atoms with Gasteiger partial charge in [-0.05, 0) is 25.3 Å². The molecule has 0 bridgehead atoms. The number of carbonyl (C=O) groups is 2. The Hall–Kier alpha value is -3.44. The summed E-state index contributed by atoms with van der Waals surface area (Å²) in [5.41, 5.74) is -2.14. The molecule has 0 radical (unpaired) electrons. The second-order valence-electron chi connectivity index (χ2n) is 7.26. The number of hydrogen-bond donors (Lipinski definition) is 4. The maximum absolute atomic E-state index is 12.6. The molecule has 4 N–H and O–H groups in total. The molecular weight excluding hydrogens is 422 g/mol. The highest BCUT2D eigenvalue weighted by molar-refractivity contribution is 5.90. The topological polar surface area (TPSA) is 160 Å². The number of ether oxygens (including phenoxy) is 3. The average molecular weight is 447 g/mol. The molecule has 2 heterocycles. The minimum Gasteiger partial charge on any atom is -0.501 e. The van der Waals surface area contributed by atoms with Gasteiger partial charge in [0.25, 0.3) is 5.56 Å². The smallest absolute Gasteiger partial charge is 0.408 e. The van der Waals surface area contributed by atoms with E-state index >= 15 is 0 Å². The van der Waals surface area contributed by atoms with Crippen molar-refractivity contribution in [3.05, 3.63) is 57.8 Å². The molecule has 1 aromatic heterocycles. The van der Waals surface area contributed by atoms with Gasteiger partial charge in [-0.1, -0.05) is 30.3 Å². The highest BCUT2D eigenvalue weighted by Gasteiger charge is 2.43. The van der Waals surface area contributed by atoms with Crippen LogP contribution in [-0.4, -0.2) is 58.2 Å². The van der Waals surface area contributed by atoms with Crippen LogP contribution in [0.3, 0.4) is 0 Å². The quantitative estimate of drug-likeness (QED) is 0.453. The first-order chi connectivity index (χ1) is 15.4. The SMILES string of the molecule is CCOC(=O)c1nc(C2(NC(=O)OCc3ccccc3)CCC(CO)OC2)[nH]c(=O)c1O. The number of aliphatic hydroxyl groups is 1. The van der Waals surface area contributed by atoms with E-state index in [-0.39, 0.29) is 38.7 Å². The van der Waals surface area contributed by atoms with E-state index in [0.29, 0.717) is 6.42 Å². The van der Waals surface area contributed by atoms with Gasteiger partial charge in [0.05, 0.1) is 25.9 Å². The molecular formula is C21H25N3O8. The maximum atomic E-state index is 12.6. The summed E-state index contributed by atoms with van der Waals surface area (Å²) in [5, 5.41) is 22.0. The molecule has 1 saturated heterocycles. The van der Waals surface area contributed by atoms with Gasteiger partial charge in [0, 0.05) is 0 Å². The normalized spacial score (nSPS) is 20.4. The number of aromatic hydroxyl groups is 1. The molecule has 0 saturated carbocycles. The van der Waals surface area contributed by atoms with Gasteiger partial charge >= 0.3 is 12.1 Å². The Morgan fingerprint density at radius 3 is 2.69 bits per heavy atom.